The van der Waals surface area contributed by atoms with Gasteiger partial charge in [-0.1, -0.05) is 0 Å². The maximum absolute atomic E-state index is 10.9. The van der Waals surface area contributed by atoms with Crippen LogP contribution in [0.5, 0.6) is 0 Å². The molecule has 0 heterocycles. The molecule has 0 saturated carbocycles. The first-order valence-electron chi connectivity index (χ1n) is 1.42. The third kappa shape index (κ3) is 2.08. The van der Waals surface area contributed by atoms with Crippen molar-refractivity contribution >= 4 is 0 Å². The Morgan fingerprint density at radius 1 is 1.43 bits per heavy atom. The van der Waals surface area contributed by atoms with E-state index < -0.39 is 12.1 Å². The molecule has 0 aromatic carbocycles. The fraction of sp³-hybridized carbons (Fsp3) is 0. The number of hydrogen-bond donors (Lipinski definition) is 1. The molecule has 0 aromatic heterocycles. The van der Waals surface area contributed by atoms with E-state index in [0.29, 0.717) is 0 Å². The van der Waals surface area contributed by atoms with Crippen LogP contribution in [0.4, 0.5) is 13.2 Å². The molecule has 0 fully saturated rings. The normalized spacial score (nSPS) is 12.9. The third-order valence-electron chi connectivity index (χ3n) is 0.336. The van der Waals surface area contributed by atoms with Crippen molar-refractivity contribution in [2.24, 2.45) is 5.73 Å². The molecule has 1 nitrogen and oxygen atoms in total. The van der Waals surface area contributed by atoms with E-state index in [1.807, 2.05) is 0 Å². The lowest BCUT2D eigenvalue weighted by atomic mass is 10.5. The van der Waals surface area contributed by atoms with E-state index >= 15 is 0 Å². The smallest absolute Gasteiger partial charge is 0.357 e. The van der Waals surface area contributed by atoms with Gasteiger partial charge in [0.05, 0.1) is 0 Å². The molecule has 0 aromatic rings. The van der Waals surface area contributed by atoms with Crippen LogP contribution in [0.2, 0.25) is 0 Å². The van der Waals surface area contributed by atoms with Crippen molar-refractivity contribution in [1.82, 2.24) is 0 Å². The van der Waals surface area contributed by atoms with Crippen LogP contribution >= 0.6 is 0 Å². The number of nitrogens with two attached hydrogens (primary N) is 1. The van der Waals surface area contributed by atoms with E-state index in [-0.39, 0.29) is 6.33 Å². The third-order valence-corrected chi connectivity index (χ3v) is 0.336. The van der Waals surface area contributed by atoms with Crippen molar-refractivity contribution in [1.29, 1.82) is 0 Å². The second kappa shape index (κ2) is 2.49. The lowest BCUT2D eigenvalue weighted by Gasteiger charge is -1.88. The van der Waals surface area contributed by atoms with E-state index in [1.54, 1.807) is 0 Å². The minimum atomic E-state index is -2.19. The number of hydrogen-bond acceptors (Lipinski definition) is 1. The van der Waals surface area contributed by atoms with Crippen molar-refractivity contribution in [3.63, 3.8) is 0 Å². The van der Waals surface area contributed by atoms with Gasteiger partial charge < -0.3 is 5.73 Å². The lowest BCUT2D eigenvalue weighted by Crippen LogP contribution is -1.98. The number of allylic oxidation sites excluding steroid dienone is 1. The second-order valence-corrected chi connectivity index (χ2v) is 0.825. The van der Waals surface area contributed by atoms with Crippen LogP contribution in [0.3, 0.4) is 0 Å². The Morgan fingerprint density at radius 2 is 1.86 bits per heavy atom. The van der Waals surface area contributed by atoms with Crippen molar-refractivity contribution in [2.45, 2.75) is 0 Å². The van der Waals surface area contributed by atoms with Crippen LogP contribution in [0.1, 0.15) is 0 Å². The van der Waals surface area contributed by atoms with E-state index in [2.05, 4.69) is 5.73 Å². The zero-order valence-corrected chi connectivity index (χ0v) is 3.29. The average molecular weight is 110 g/mol. The molecular weight excluding hydrogens is 107 g/mol. The molecule has 0 aliphatic heterocycles. The summed E-state index contributed by atoms with van der Waals surface area (Å²) in [7, 11) is 0. The lowest BCUT2D eigenvalue weighted by molar-refractivity contribution is 0.315. The summed E-state index contributed by atoms with van der Waals surface area (Å²) in [6, 6.07) is 0. The molecule has 0 unspecified atom stereocenters. The zero-order valence-electron chi connectivity index (χ0n) is 3.29. The van der Waals surface area contributed by atoms with Gasteiger partial charge in [0, 0.05) is 0 Å². The quantitative estimate of drug-likeness (QED) is 0.539. The van der Waals surface area contributed by atoms with Gasteiger partial charge in [-0.3, -0.25) is 0 Å². The average Bonchev–Trinajstić information content (AvgIpc) is 1.65. The summed E-state index contributed by atoms with van der Waals surface area (Å²) in [5.41, 5.74) is 3.20. The minimum Gasteiger partial charge on any atom is -0.395 e. The molecule has 2 N–H and O–H groups in total. The predicted molar refractivity (Wildman–Crippen MR) is 18.8 cm³/mol. The van der Waals surface area contributed by atoms with E-state index in [1.165, 1.54) is 0 Å². The molecule has 0 aliphatic rings. The maximum Gasteiger partial charge on any atom is 0.357 e. The van der Waals surface area contributed by atoms with Gasteiger partial charge in [-0.2, -0.15) is 8.78 Å². The molecule has 0 spiro atoms. The summed E-state index contributed by atoms with van der Waals surface area (Å²) in [5, 5.41) is 0. The van der Waals surface area contributed by atoms with E-state index in [0.717, 1.165) is 0 Å². The summed E-state index contributed by atoms with van der Waals surface area (Å²) in [6.07, 6.45) is -2.54. The highest BCUT2D eigenvalue weighted by molar-refractivity contribution is 5.04. The molecule has 0 rings (SSSR count). The molecule has 41 valence electrons. The Labute approximate surface area is 38.6 Å². The first-order valence-corrected chi connectivity index (χ1v) is 1.42. The van der Waals surface area contributed by atoms with Gasteiger partial charge in [0.25, 0.3) is 0 Å². The van der Waals surface area contributed by atoms with Crippen molar-refractivity contribution in [3.8, 4) is 0 Å². The summed E-state index contributed by atoms with van der Waals surface area (Å²) in [6.45, 7) is 0. The zero-order chi connectivity index (χ0) is 5.86. The summed E-state index contributed by atoms with van der Waals surface area (Å²) in [5.74, 6) is 0. The second-order valence-electron chi connectivity index (χ2n) is 0.825. The minimum absolute atomic E-state index is 0.352. The van der Waals surface area contributed by atoms with Crippen LogP contribution in [0, 0.1) is 6.43 Å². The molecule has 1 radical (unpaired) electrons. The molecule has 4 heteroatoms. The SMILES string of the molecule is NC(=CF)[C](F)F. The molecular formula is C3H3F3N. The highest BCUT2D eigenvalue weighted by Gasteiger charge is 2.07. The standard InChI is InChI=1S/C3H3F3N/c4-1-2(7)3(5)6/h1H,7H2. The molecule has 0 atom stereocenters. The van der Waals surface area contributed by atoms with Gasteiger partial charge in [0.15, 0.2) is 0 Å². The largest absolute Gasteiger partial charge is 0.395 e. The maximum atomic E-state index is 10.9. The monoisotopic (exact) mass is 110 g/mol. The predicted octanol–water partition coefficient (Wildman–Crippen LogP) is 1.18. The first kappa shape index (κ1) is 6.33. The van der Waals surface area contributed by atoms with Gasteiger partial charge in [0.2, 0.25) is 0 Å². The van der Waals surface area contributed by atoms with Crippen molar-refractivity contribution in [2.75, 3.05) is 0 Å². The molecule has 0 amide bonds. The van der Waals surface area contributed by atoms with Crippen LogP contribution in [-0.4, -0.2) is 0 Å². The van der Waals surface area contributed by atoms with Gasteiger partial charge in [-0.25, -0.2) is 4.39 Å². The van der Waals surface area contributed by atoms with Crippen molar-refractivity contribution < 1.29 is 13.2 Å². The van der Waals surface area contributed by atoms with Crippen molar-refractivity contribution in [3.05, 3.63) is 18.5 Å². The number of halogens is 3. The van der Waals surface area contributed by atoms with Crippen LogP contribution in [-0.2, 0) is 0 Å². The van der Waals surface area contributed by atoms with Crippen LogP contribution in [0.15, 0.2) is 12.0 Å². The van der Waals surface area contributed by atoms with E-state index in [9.17, 15) is 13.2 Å². The van der Waals surface area contributed by atoms with Gasteiger partial charge >= 0.3 is 6.43 Å². The highest BCUT2D eigenvalue weighted by atomic mass is 19.3. The Bertz CT molecular complexity index is 78.2. The molecule has 0 bridgehead atoms. The fourth-order valence-corrected chi connectivity index (χ4v) is 0.0412. The molecule has 0 saturated heterocycles. The van der Waals surface area contributed by atoms with Crippen LogP contribution < -0.4 is 5.73 Å². The summed E-state index contributed by atoms with van der Waals surface area (Å²) in [4.78, 5) is 0. The Hall–Kier alpha value is -0.670. The molecule has 0 aliphatic carbocycles. The highest BCUT2D eigenvalue weighted by Crippen LogP contribution is 2.09. The first-order chi connectivity index (χ1) is 3.18. The number of rotatable bonds is 1. The van der Waals surface area contributed by atoms with Crippen LogP contribution in [0.25, 0.3) is 0 Å². The Morgan fingerprint density at radius 3 is 1.86 bits per heavy atom. The summed E-state index contributed by atoms with van der Waals surface area (Å²) < 4.78 is 32.7. The van der Waals surface area contributed by atoms with Gasteiger partial charge in [-0.15, -0.1) is 0 Å². The van der Waals surface area contributed by atoms with E-state index in [4.69, 9.17) is 0 Å². The van der Waals surface area contributed by atoms with Gasteiger partial charge in [-0.05, 0) is 0 Å². The van der Waals surface area contributed by atoms with Gasteiger partial charge in [0.1, 0.15) is 12.0 Å². The molecule has 7 heavy (non-hydrogen) atoms. The Kier molecular flexibility index (Phi) is 2.26. The Balaban J connectivity index is 3.56. The topological polar surface area (TPSA) is 26.0 Å². The fourth-order valence-electron chi connectivity index (χ4n) is 0.0412. The summed E-state index contributed by atoms with van der Waals surface area (Å²) >= 11 is 0.